The molecule has 3 heteroatoms. The first kappa shape index (κ1) is 5.94. The van der Waals surface area contributed by atoms with E-state index >= 15 is 0 Å². The van der Waals surface area contributed by atoms with Crippen LogP contribution in [-0.2, 0) is 6.42 Å². The normalized spacial score (nSPS) is 12.7. The summed E-state index contributed by atoms with van der Waals surface area (Å²) in [6.45, 7) is 0. The second-order valence-electron chi connectivity index (χ2n) is 2.89. The lowest BCUT2D eigenvalue weighted by molar-refractivity contribution is 0.864. The molecule has 0 radical (unpaired) electrons. The Morgan fingerprint density at radius 1 is 1.25 bits per heavy atom. The van der Waals surface area contributed by atoms with Gasteiger partial charge in [0.15, 0.2) is 0 Å². The average Bonchev–Trinajstić information content (AvgIpc) is 2.62. The zero-order chi connectivity index (χ0) is 7.97. The molecule has 0 bridgehead atoms. The van der Waals surface area contributed by atoms with Gasteiger partial charge in [0, 0.05) is 6.42 Å². The van der Waals surface area contributed by atoms with Crippen molar-refractivity contribution in [3.63, 3.8) is 0 Å². The summed E-state index contributed by atoms with van der Waals surface area (Å²) >= 11 is 0. The van der Waals surface area contributed by atoms with Crippen molar-refractivity contribution in [3.05, 3.63) is 42.0 Å². The Morgan fingerprint density at radius 2 is 2.17 bits per heavy atom. The summed E-state index contributed by atoms with van der Waals surface area (Å²) in [6.07, 6.45) is 2.52. The average molecular weight is 157 g/mol. The summed E-state index contributed by atoms with van der Waals surface area (Å²) in [5.74, 6) is 1.04. The molecule has 1 aliphatic rings. The minimum Gasteiger partial charge on any atom is -0.219 e. The Hall–Kier alpha value is -1.64. The van der Waals surface area contributed by atoms with E-state index in [9.17, 15) is 0 Å². The van der Waals surface area contributed by atoms with Crippen LogP contribution in [0, 0.1) is 0 Å². The number of benzene rings is 1. The highest BCUT2D eigenvalue weighted by Crippen LogP contribution is 2.23. The first-order chi connectivity index (χ1) is 5.95. The molecule has 0 amide bonds. The van der Waals surface area contributed by atoms with Crippen molar-refractivity contribution in [3.8, 4) is 5.69 Å². The molecule has 1 aliphatic heterocycles. The molecule has 0 N–H and O–H groups in total. The number of nitrogens with zero attached hydrogens (tertiary/aromatic N) is 3. The van der Waals surface area contributed by atoms with Gasteiger partial charge in [0.1, 0.15) is 12.2 Å². The van der Waals surface area contributed by atoms with Crippen LogP contribution >= 0.6 is 0 Å². The number of rotatable bonds is 0. The maximum atomic E-state index is 4.16. The van der Waals surface area contributed by atoms with Gasteiger partial charge in [-0.05, 0) is 11.6 Å². The molecule has 2 heterocycles. The molecule has 0 atom stereocenters. The van der Waals surface area contributed by atoms with Crippen LogP contribution in [0.1, 0.15) is 11.4 Å². The summed E-state index contributed by atoms with van der Waals surface area (Å²) in [5, 5.41) is 4.14. The first-order valence-electron chi connectivity index (χ1n) is 3.92. The third-order valence-corrected chi connectivity index (χ3v) is 2.19. The van der Waals surface area contributed by atoms with E-state index in [2.05, 4.69) is 22.2 Å². The van der Waals surface area contributed by atoms with E-state index in [1.807, 2.05) is 16.8 Å². The van der Waals surface area contributed by atoms with Crippen molar-refractivity contribution in [1.82, 2.24) is 14.8 Å². The summed E-state index contributed by atoms with van der Waals surface area (Å²) in [6, 6.07) is 8.26. The molecule has 1 aromatic carbocycles. The van der Waals surface area contributed by atoms with Gasteiger partial charge in [0.2, 0.25) is 0 Å². The molecule has 0 saturated carbocycles. The highest BCUT2D eigenvalue weighted by molar-refractivity contribution is 5.46. The van der Waals surface area contributed by atoms with Crippen molar-refractivity contribution in [1.29, 1.82) is 0 Å². The first-order valence-corrected chi connectivity index (χ1v) is 3.92. The van der Waals surface area contributed by atoms with Crippen LogP contribution in [0.25, 0.3) is 5.69 Å². The van der Waals surface area contributed by atoms with Crippen LogP contribution in [-0.4, -0.2) is 14.8 Å². The van der Waals surface area contributed by atoms with Crippen molar-refractivity contribution in [2.24, 2.45) is 0 Å². The van der Waals surface area contributed by atoms with Gasteiger partial charge < -0.3 is 0 Å². The minimum absolute atomic E-state index is 0.913. The van der Waals surface area contributed by atoms with Crippen molar-refractivity contribution >= 4 is 0 Å². The lowest BCUT2D eigenvalue weighted by atomic mass is 10.2. The molecule has 0 fully saturated rings. The van der Waals surface area contributed by atoms with Gasteiger partial charge in [-0.2, -0.15) is 5.10 Å². The van der Waals surface area contributed by atoms with Crippen LogP contribution in [0.5, 0.6) is 0 Å². The van der Waals surface area contributed by atoms with Crippen molar-refractivity contribution in [2.75, 3.05) is 0 Å². The number of fused-ring (bicyclic) bond motifs is 3. The molecule has 0 saturated heterocycles. The maximum absolute atomic E-state index is 4.16. The monoisotopic (exact) mass is 157 g/mol. The molecule has 58 valence electrons. The lowest BCUT2D eigenvalue weighted by Crippen LogP contribution is -1.93. The van der Waals surface area contributed by atoms with Gasteiger partial charge in [-0.15, -0.1) is 0 Å². The van der Waals surface area contributed by atoms with Gasteiger partial charge in [0.25, 0.3) is 0 Å². The van der Waals surface area contributed by atoms with Gasteiger partial charge in [-0.25, -0.2) is 9.67 Å². The summed E-state index contributed by atoms with van der Waals surface area (Å²) in [4.78, 5) is 4.16. The van der Waals surface area contributed by atoms with Gasteiger partial charge >= 0.3 is 0 Å². The second-order valence-corrected chi connectivity index (χ2v) is 2.89. The van der Waals surface area contributed by atoms with Gasteiger partial charge in [0.05, 0.1) is 5.69 Å². The highest BCUT2D eigenvalue weighted by atomic mass is 15.3. The van der Waals surface area contributed by atoms with E-state index in [1.165, 1.54) is 11.3 Å². The maximum Gasteiger partial charge on any atom is 0.138 e. The molecule has 3 rings (SSSR count). The van der Waals surface area contributed by atoms with Crippen LogP contribution in [0.2, 0.25) is 0 Å². The smallest absolute Gasteiger partial charge is 0.138 e. The predicted octanol–water partition coefficient (Wildman–Crippen LogP) is 1.17. The molecule has 12 heavy (non-hydrogen) atoms. The van der Waals surface area contributed by atoms with E-state index < -0.39 is 0 Å². The highest BCUT2D eigenvalue weighted by Gasteiger charge is 2.18. The van der Waals surface area contributed by atoms with Gasteiger partial charge in [-0.3, -0.25) is 0 Å². The van der Waals surface area contributed by atoms with Crippen LogP contribution in [0.15, 0.2) is 30.6 Å². The van der Waals surface area contributed by atoms with Crippen LogP contribution < -0.4 is 0 Å². The third kappa shape index (κ3) is 0.605. The minimum atomic E-state index is 0.913. The molecule has 2 aromatic rings. The standard InChI is InChI=1S/C9H7N3/c1-2-4-8-7(3-1)5-9-10-6-11-12(8)9/h1-4,6H,5H2. The number of hydrogen-bond acceptors (Lipinski definition) is 2. The van der Waals surface area contributed by atoms with E-state index in [1.54, 1.807) is 6.33 Å². The summed E-state index contributed by atoms with van der Waals surface area (Å²) in [5.41, 5.74) is 2.48. The molecular weight excluding hydrogens is 150 g/mol. The van der Waals surface area contributed by atoms with Gasteiger partial charge in [-0.1, -0.05) is 18.2 Å². The Bertz CT molecular complexity index is 431. The molecule has 3 nitrogen and oxygen atoms in total. The third-order valence-electron chi connectivity index (χ3n) is 2.19. The quantitative estimate of drug-likeness (QED) is 0.490. The van der Waals surface area contributed by atoms with E-state index in [4.69, 9.17) is 0 Å². The largest absolute Gasteiger partial charge is 0.219 e. The van der Waals surface area contributed by atoms with E-state index in [-0.39, 0.29) is 0 Å². The topological polar surface area (TPSA) is 30.7 Å². The fraction of sp³-hybridized carbons (Fsp3) is 0.111. The van der Waals surface area contributed by atoms with Crippen LogP contribution in [0.4, 0.5) is 0 Å². The Kier molecular flexibility index (Phi) is 0.961. The fourth-order valence-corrected chi connectivity index (χ4v) is 1.62. The zero-order valence-corrected chi connectivity index (χ0v) is 6.44. The second kappa shape index (κ2) is 1.94. The molecule has 1 aromatic heterocycles. The van der Waals surface area contributed by atoms with E-state index in [0.717, 1.165) is 12.2 Å². The lowest BCUT2D eigenvalue weighted by Gasteiger charge is -1.96. The van der Waals surface area contributed by atoms with Crippen molar-refractivity contribution in [2.45, 2.75) is 6.42 Å². The fourth-order valence-electron chi connectivity index (χ4n) is 1.62. The Morgan fingerprint density at radius 3 is 3.17 bits per heavy atom. The zero-order valence-electron chi connectivity index (χ0n) is 6.44. The summed E-state index contributed by atoms with van der Waals surface area (Å²) in [7, 11) is 0. The molecule has 0 spiro atoms. The number of hydrogen-bond donors (Lipinski definition) is 0. The SMILES string of the molecule is c1ccc2c(c1)Cc1ncnn1-2. The number of aromatic nitrogens is 3. The van der Waals surface area contributed by atoms with E-state index in [0.29, 0.717) is 0 Å². The Labute approximate surface area is 69.7 Å². The van der Waals surface area contributed by atoms with Crippen molar-refractivity contribution < 1.29 is 0 Å². The molecule has 0 aliphatic carbocycles. The Balaban J connectivity index is 2.34. The number of para-hydroxylation sites is 1. The van der Waals surface area contributed by atoms with Crippen LogP contribution in [0.3, 0.4) is 0 Å². The summed E-state index contributed by atoms with van der Waals surface area (Å²) < 4.78 is 1.90. The molecule has 0 unspecified atom stereocenters. The molecular formula is C9H7N3. The predicted molar refractivity (Wildman–Crippen MR) is 44.2 cm³/mol.